The molecule has 0 radical (unpaired) electrons. The molecule has 246 valence electrons. The Labute approximate surface area is 287 Å². The van der Waals surface area contributed by atoms with E-state index in [2.05, 4.69) is 98.1 Å². The van der Waals surface area contributed by atoms with Crippen LogP contribution in [0.1, 0.15) is 30.4 Å². The summed E-state index contributed by atoms with van der Waals surface area (Å²) in [5, 5.41) is 3.05. The summed E-state index contributed by atoms with van der Waals surface area (Å²) in [7, 11) is 0. The fraction of sp³-hybridized carbons (Fsp3) is 0.243. The molecule has 7 nitrogen and oxygen atoms in total. The van der Waals surface area contributed by atoms with E-state index in [0.29, 0.717) is 11.0 Å². The summed E-state index contributed by atoms with van der Waals surface area (Å²) in [6.07, 6.45) is -3.24. The fourth-order valence-corrected chi connectivity index (χ4v) is 8.90. The molecule has 0 amide bonds. The molecule has 2 fully saturated rings. The molecule has 2 aliphatic rings. The maximum absolute atomic E-state index is 13.5. The zero-order chi connectivity index (χ0) is 34.0. The molecule has 49 heavy (non-hydrogen) atoms. The van der Waals surface area contributed by atoms with Gasteiger partial charge in [0, 0.05) is 50.6 Å². The third kappa shape index (κ3) is 5.43. The molecule has 3 aromatic carbocycles. The van der Waals surface area contributed by atoms with E-state index >= 15 is 0 Å². The number of aryl methyl sites for hydroxylation is 2. The van der Waals surface area contributed by atoms with Crippen LogP contribution in [0.15, 0.2) is 84.0 Å². The van der Waals surface area contributed by atoms with Crippen LogP contribution in [-0.2, 0) is 9.59 Å². The quantitative estimate of drug-likeness (QED) is 0.167. The normalized spacial score (nSPS) is 20.4. The summed E-state index contributed by atoms with van der Waals surface area (Å²) in [4.78, 5) is 38.2. The number of Topliss-reactive ketones (excluding diaryl/α,β-unsaturated/α-hetero) is 2. The van der Waals surface area contributed by atoms with E-state index in [1.807, 2.05) is 12.1 Å². The van der Waals surface area contributed by atoms with Crippen LogP contribution in [0.3, 0.4) is 0 Å². The van der Waals surface area contributed by atoms with Crippen molar-refractivity contribution in [1.82, 2.24) is 13.7 Å². The third-order valence-electron chi connectivity index (χ3n) is 9.59. The average Bonchev–Trinajstić information content (AvgIpc) is 3.79. The summed E-state index contributed by atoms with van der Waals surface area (Å²) in [6.45, 7) is 4.12. The highest BCUT2D eigenvalue weighted by Gasteiger charge is 2.54. The number of hydrogen-bond acceptors (Lipinski definition) is 9. The molecule has 2 saturated carbocycles. The van der Waals surface area contributed by atoms with Crippen LogP contribution < -0.4 is 4.90 Å². The molecule has 12 heteroatoms. The number of pyridine rings is 1. The standard InChI is InChI=1S/C37H28F3N5O2S2/c1-19-7-12-22(13-8-19)45(23-14-9-20(2)10-15-23)36-26-6-4-3-5-25(26)34(48-36)28-18-41-35(31-29(28)43-49-44-31)42-30-24-16-11-21(37(38,39)40)17-27(24)32(46)33(30)47/h3-10,12-15,18,21,24,27H,11,16-17H2,1-2H3. The van der Waals surface area contributed by atoms with Crippen molar-refractivity contribution in [2.24, 2.45) is 22.7 Å². The van der Waals surface area contributed by atoms with Gasteiger partial charge >= 0.3 is 6.18 Å². The minimum atomic E-state index is -4.41. The van der Waals surface area contributed by atoms with Gasteiger partial charge in [-0.3, -0.25) is 9.59 Å². The second-order valence-electron chi connectivity index (χ2n) is 12.7. The molecule has 6 aromatic rings. The van der Waals surface area contributed by atoms with Gasteiger partial charge in [0.05, 0.1) is 23.4 Å². The van der Waals surface area contributed by atoms with Crippen LogP contribution in [0.2, 0.25) is 0 Å². The number of benzene rings is 3. The van der Waals surface area contributed by atoms with E-state index in [1.54, 1.807) is 17.5 Å². The number of nitrogens with zero attached hydrogens (tertiary/aromatic N) is 5. The molecule has 0 spiro atoms. The first-order chi connectivity index (χ1) is 23.6. The number of carbonyl (C=O) groups is 2. The highest BCUT2D eigenvalue weighted by atomic mass is 32.1. The van der Waals surface area contributed by atoms with Crippen molar-refractivity contribution in [2.75, 3.05) is 4.90 Å². The molecular formula is C37H28F3N5O2S2. The average molecular weight is 696 g/mol. The fourth-order valence-electron chi connectivity index (χ4n) is 7.02. The number of alkyl halides is 3. The first-order valence-electron chi connectivity index (χ1n) is 15.9. The Bertz CT molecular complexity index is 2250. The van der Waals surface area contributed by atoms with Gasteiger partial charge < -0.3 is 4.90 Å². The van der Waals surface area contributed by atoms with Crippen molar-refractivity contribution < 1.29 is 22.8 Å². The predicted octanol–water partition coefficient (Wildman–Crippen LogP) is 9.87. The monoisotopic (exact) mass is 695 g/mol. The van der Waals surface area contributed by atoms with Crippen molar-refractivity contribution in [2.45, 2.75) is 39.3 Å². The van der Waals surface area contributed by atoms with Gasteiger partial charge in [-0.15, -0.1) is 11.3 Å². The lowest BCUT2D eigenvalue weighted by atomic mass is 9.75. The highest BCUT2D eigenvalue weighted by Crippen LogP contribution is 2.51. The molecule has 8 rings (SSSR count). The van der Waals surface area contributed by atoms with Crippen LogP contribution in [0.5, 0.6) is 0 Å². The van der Waals surface area contributed by atoms with E-state index in [-0.39, 0.29) is 24.4 Å². The van der Waals surface area contributed by atoms with E-state index in [0.717, 1.165) is 60.4 Å². The molecule has 3 atom stereocenters. The first-order valence-corrected chi connectivity index (χ1v) is 17.4. The maximum Gasteiger partial charge on any atom is 0.391 e. The van der Waals surface area contributed by atoms with Gasteiger partial charge in [0.1, 0.15) is 16.0 Å². The number of carbonyl (C=O) groups excluding carboxylic acids is 2. The largest absolute Gasteiger partial charge is 0.391 e. The molecule has 3 aromatic heterocycles. The van der Waals surface area contributed by atoms with Crippen LogP contribution in [0.25, 0.3) is 32.2 Å². The topological polar surface area (TPSA) is 88.4 Å². The second kappa shape index (κ2) is 12.0. The number of ketones is 2. The third-order valence-corrected chi connectivity index (χ3v) is 11.4. The van der Waals surface area contributed by atoms with Crippen molar-refractivity contribution in [3.05, 3.63) is 90.1 Å². The summed E-state index contributed by atoms with van der Waals surface area (Å²) in [5.41, 5.74) is 5.97. The number of aromatic nitrogens is 3. The Morgan fingerprint density at radius 1 is 0.816 bits per heavy atom. The minimum Gasteiger partial charge on any atom is -0.301 e. The van der Waals surface area contributed by atoms with Crippen molar-refractivity contribution in [3.63, 3.8) is 0 Å². The zero-order valence-electron chi connectivity index (χ0n) is 26.4. The Kier molecular flexibility index (Phi) is 7.68. The minimum absolute atomic E-state index is 0.0270. The van der Waals surface area contributed by atoms with E-state index in [4.69, 9.17) is 0 Å². The summed E-state index contributed by atoms with van der Waals surface area (Å²) in [6, 6.07) is 25.0. The lowest BCUT2D eigenvalue weighted by molar-refractivity contribution is -0.187. The van der Waals surface area contributed by atoms with Crippen molar-refractivity contribution in [3.8, 4) is 10.4 Å². The van der Waals surface area contributed by atoms with Gasteiger partial charge in [0.2, 0.25) is 11.6 Å². The summed E-state index contributed by atoms with van der Waals surface area (Å²) < 4.78 is 49.5. The van der Waals surface area contributed by atoms with E-state index < -0.39 is 41.9 Å². The molecule has 3 heterocycles. The van der Waals surface area contributed by atoms with Crippen LogP contribution in [-0.4, -0.2) is 37.2 Å². The SMILES string of the molecule is Cc1ccc(N(c2ccc(C)cc2)c2sc(-c3cnc(N=C4C(=O)C(=O)C5CC(C(F)(F)F)CCC45)c4nsnc34)c3ccccc23)cc1. The molecule has 3 unspecified atom stereocenters. The number of rotatable bonds is 5. The highest BCUT2D eigenvalue weighted by molar-refractivity contribution is 7.21. The molecule has 0 saturated heterocycles. The van der Waals surface area contributed by atoms with Gasteiger partial charge in [0.15, 0.2) is 5.82 Å². The van der Waals surface area contributed by atoms with Crippen molar-refractivity contribution in [1.29, 1.82) is 0 Å². The lowest BCUT2D eigenvalue weighted by Gasteiger charge is -2.31. The van der Waals surface area contributed by atoms with E-state index in [9.17, 15) is 22.8 Å². The molecule has 0 aliphatic heterocycles. The number of fused-ring (bicyclic) bond motifs is 3. The molecule has 2 aliphatic carbocycles. The van der Waals surface area contributed by atoms with Gasteiger partial charge in [-0.05, 0) is 57.4 Å². The Balaban J connectivity index is 1.23. The van der Waals surface area contributed by atoms with Crippen LogP contribution in [0, 0.1) is 31.6 Å². The summed E-state index contributed by atoms with van der Waals surface area (Å²) >= 11 is 2.59. The molecular weight excluding hydrogens is 668 g/mol. The van der Waals surface area contributed by atoms with Crippen molar-refractivity contribution >= 4 is 84.3 Å². The van der Waals surface area contributed by atoms with Crippen LogP contribution in [0.4, 0.5) is 35.4 Å². The lowest BCUT2D eigenvalue weighted by Crippen LogP contribution is -2.34. The second-order valence-corrected chi connectivity index (χ2v) is 14.2. The number of anilines is 3. The Hall–Kier alpha value is -4.81. The van der Waals surface area contributed by atoms with Crippen LogP contribution >= 0.6 is 23.1 Å². The van der Waals surface area contributed by atoms with Gasteiger partial charge in [-0.2, -0.15) is 21.9 Å². The predicted molar refractivity (Wildman–Crippen MR) is 188 cm³/mol. The molecule has 0 N–H and O–H groups in total. The maximum atomic E-state index is 13.5. The number of halogens is 3. The van der Waals surface area contributed by atoms with Gasteiger partial charge in [0.25, 0.3) is 0 Å². The number of hydrogen-bond donors (Lipinski definition) is 0. The number of thiophene rings is 1. The van der Waals surface area contributed by atoms with Gasteiger partial charge in [-0.25, -0.2) is 9.98 Å². The summed E-state index contributed by atoms with van der Waals surface area (Å²) in [5.74, 6) is -4.79. The molecule has 0 bridgehead atoms. The number of aliphatic imine (C=N–C) groups is 1. The van der Waals surface area contributed by atoms with Gasteiger partial charge in [-0.1, -0.05) is 59.7 Å². The first kappa shape index (κ1) is 31.5. The zero-order valence-corrected chi connectivity index (χ0v) is 28.0. The smallest absolute Gasteiger partial charge is 0.301 e. The Morgan fingerprint density at radius 2 is 1.45 bits per heavy atom. The van der Waals surface area contributed by atoms with E-state index in [1.165, 1.54) is 0 Å². The Morgan fingerprint density at radius 3 is 2.10 bits per heavy atom.